The van der Waals surface area contributed by atoms with Gasteiger partial charge in [-0.05, 0) is 61.1 Å². The van der Waals surface area contributed by atoms with Crippen molar-refractivity contribution in [2.45, 2.75) is 46.2 Å². The van der Waals surface area contributed by atoms with Crippen LogP contribution in [0, 0.1) is 12.8 Å². The Balaban J connectivity index is 1.69. The van der Waals surface area contributed by atoms with Crippen LogP contribution in [0.15, 0.2) is 66.7 Å². The Bertz CT molecular complexity index is 1460. The number of aryl methyl sites for hydroxylation is 1. The van der Waals surface area contributed by atoms with E-state index in [1.54, 1.807) is 23.8 Å². The number of nitrogens with one attached hydrogen (secondary N) is 1. The van der Waals surface area contributed by atoms with Gasteiger partial charge in [-0.15, -0.1) is 5.10 Å². The minimum absolute atomic E-state index is 0.0475. The SMILES string of the molecule is COc1ccc(CCN(C(=O)Cn2nnc3ccccc32)[C@@H](C(=O)NCCC(C)C)c2ccc(C)cc2)cc1OC. The summed E-state index contributed by atoms with van der Waals surface area (Å²) in [5.41, 5.74) is 4.24. The number of benzene rings is 3. The molecule has 4 aromatic rings. The lowest BCUT2D eigenvalue weighted by Crippen LogP contribution is -2.46. The number of para-hydroxylation sites is 1. The van der Waals surface area contributed by atoms with E-state index >= 15 is 0 Å². The van der Waals surface area contributed by atoms with Crippen molar-refractivity contribution in [3.63, 3.8) is 0 Å². The minimum Gasteiger partial charge on any atom is -0.493 e. The molecule has 216 valence electrons. The third kappa shape index (κ3) is 7.42. The summed E-state index contributed by atoms with van der Waals surface area (Å²) in [5, 5.41) is 11.5. The highest BCUT2D eigenvalue weighted by molar-refractivity contribution is 5.89. The fourth-order valence-electron chi connectivity index (χ4n) is 4.74. The van der Waals surface area contributed by atoms with E-state index in [9.17, 15) is 9.59 Å². The van der Waals surface area contributed by atoms with Crippen molar-refractivity contribution < 1.29 is 19.1 Å². The van der Waals surface area contributed by atoms with Crippen LogP contribution in [0.2, 0.25) is 0 Å². The van der Waals surface area contributed by atoms with E-state index in [4.69, 9.17) is 9.47 Å². The predicted molar refractivity (Wildman–Crippen MR) is 159 cm³/mol. The van der Waals surface area contributed by atoms with E-state index in [0.717, 1.165) is 28.6 Å². The Labute approximate surface area is 241 Å². The van der Waals surface area contributed by atoms with Gasteiger partial charge in [0.1, 0.15) is 18.1 Å². The molecule has 9 heteroatoms. The molecule has 1 N–H and O–H groups in total. The zero-order valence-electron chi connectivity index (χ0n) is 24.5. The van der Waals surface area contributed by atoms with Crippen LogP contribution in [0.5, 0.6) is 11.5 Å². The number of aromatic nitrogens is 3. The average Bonchev–Trinajstić information content (AvgIpc) is 3.38. The van der Waals surface area contributed by atoms with E-state index in [1.807, 2.05) is 73.7 Å². The summed E-state index contributed by atoms with van der Waals surface area (Å²) >= 11 is 0. The predicted octanol–water partition coefficient (Wildman–Crippen LogP) is 4.73. The second-order valence-electron chi connectivity index (χ2n) is 10.5. The summed E-state index contributed by atoms with van der Waals surface area (Å²) < 4.78 is 12.5. The molecule has 1 aromatic heterocycles. The maximum absolute atomic E-state index is 14.1. The van der Waals surface area contributed by atoms with Crippen molar-refractivity contribution >= 4 is 22.8 Å². The molecule has 0 aliphatic carbocycles. The molecule has 41 heavy (non-hydrogen) atoms. The van der Waals surface area contributed by atoms with Crippen LogP contribution in [0.4, 0.5) is 0 Å². The van der Waals surface area contributed by atoms with Crippen molar-refractivity contribution in [1.29, 1.82) is 0 Å². The van der Waals surface area contributed by atoms with Gasteiger partial charge < -0.3 is 19.7 Å². The van der Waals surface area contributed by atoms with Crippen LogP contribution in [-0.4, -0.2) is 59.0 Å². The van der Waals surface area contributed by atoms with Gasteiger partial charge >= 0.3 is 0 Å². The van der Waals surface area contributed by atoms with Gasteiger partial charge in [-0.2, -0.15) is 0 Å². The van der Waals surface area contributed by atoms with Gasteiger partial charge in [-0.25, -0.2) is 4.68 Å². The van der Waals surface area contributed by atoms with Crippen LogP contribution in [0.1, 0.15) is 43.0 Å². The number of hydrogen-bond donors (Lipinski definition) is 1. The molecule has 9 nitrogen and oxygen atoms in total. The summed E-state index contributed by atoms with van der Waals surface area (Å²) in [6.07, 6.45) is 1.35. The molecule has 4 rings (SSSR count). The number of fused-ring (bicyclic) bond motifs is 1. The number of methoxy groups -OCH3 is 2. The van der Waals surface area contributed by atoms with E-state index in [2.05, 4.69) is 29.5 Å². The first-order valence-electron chi connectivity index (χ1n) is 13.9. The fraction of sp³-hybridized carbons (Fsp3) is 0.375. The van der Waals surface area contributed by atoms with Gasteiger partial charge in [0.15, 0.2) is 11.5 Å². The topological polar surface area (TPSA) is 98.6 Å². The van der Waals surface area contributed by atoms with Crippen LogP contribution in [0.3, 0.4) is 0 Å². The Hall–Kier alpha value is -4.40. The molecule has 0 unspecified atom stereocenters. The summed E-state index contributed by atoms with van der Waals surface area (Å²) in [6, 6.07) is 20.1. The molecular weight excluding hydrogens is 518 g/mol. The quantitative estimate of drug-likeness (QED) is 0.255. The third-order valence-electron chi connectivity index (χ3n) is 7.09. The number of ether oxygens (including phenoxy) is 2. The molecule has 0 bridgehead atoms. The lowest BCUT2D eigenvalue weighted by Gasteiger charge is -2.32. The molecule has 0 saturated heterocycles. The van der Waals surface area contributed by atoms with E-state index in [-0.39, 0.29) is 18.4 Å². The maximum Gasteiger partial charge on any atom is 0.247 e. The van der Waals surface area contributed by atoms with Gasteiger partial charge in [0.2, 0.25) is 11.8 Å². The molecule has 1 atom stereocenters. The number of carbonyl (C=O) groups is 2. The maximum atomic E-state index is 14.1. The Morgan fingerprint density at radius 3 is 2.41 bits per heavy atom. The first kappa shape index (κ1) is 29.6. The normalized spacial score (nSPS) is 11.9. The minimum atomic E-state index is -0.815. The average molecular weight is 558 g/mol. The highest BCUT2D eigenvalue weighted by Crippen LogP contribution is 2.29. The first-order chi connectivity index (χ1) is 19.8. The summed E-state index contributed by atoms with van der Waals surface area (Å²) in [7, 11) is 3.19. The number of amides is 2. The number of carbonyl (C=O) groups excluding carboxylic acids is 2. The largest absolute Gasteiger partial charge is 0.493 e. The molecule has 0 saturated carbocycles. The van der Waals surface area contributed by atoms with Gasteiger partial charge in [-0.3, -0.25) is 9.59 Å². The molecule has 0 fully saturated rings. The van der Waals surface area contributed by atoms with Gasteiger partial charge in [0.05, 0.1) is 19.7 Å². The van der Waals surface area contributed by atoms with Gasteiger partial charge in [0, 0.05) is 13.1 Å². The Morgan fingerprint density at radius 1 is 0.976 bits per heavy atom. The van der Waals surface area contributed by atoms with Gasteiger partial charge in [0.25, 0.3) is 0 Å². The molecule has 0 aliphatic rings. The first-order valence-corrected chi connectivity index (χ1v) is 13.9. The molecule has 0 spiro atoms. The molecule has 0 aliphatic heterocycles. The molecular formula is C32H39N5O4. The van der Waals surface area contributed by atoms with Crippen LogP contribution in [0.25, 0.3) is 11.0 Å². The number of nitrogens with zero attached hydrogens (tertiary/aromatic N) is 4. The van der Waals surface area contributed by atoms with Crippen LogP contribution in [-0.2, 0) is 22.6 Å². The smallest absolute Gasteiger partial charge is 0.247 e. The lowest BCUT2D eigenvalue weighted by molar-refractivity contribution is -0.141. The highest BCUT2D eigenvalue weighted by Gasteiger charge is 2.32. The van der Waals surface area contributed by atoms with Crippen molar-refractivity contribution in [3.8, 4) is 11.5 Å². The van der Waals surface area contributed by atoms with Crippen molar-refractivity contribution in [2.24, 2.45) is 5.92 Å². The third-order valence-corrected chi connectivity index (χ3v) is 7.09. The second-order valence-corrected chi connectivity index (χ2v) is 10.5. The standard InChI is InChI=1S/C32H39N5O4/c1-22(2)16-18-33-32(39)31(25-13-10-23(3)11-14-25)36(19-17-24-12-15-28(40-4)29(20-24)41-5)30(38)21-37-27-9-7-6-8-26(27)34-35-37/h6-15,20,22,31H,16-19,21H2,1-5H3,(H,33,39)/t31-/m1/s1. The zero-order chi connectivity index (χ0) is 29.4. The summed E-state index contributed by atoms with van der Waals surface area (Å²) in [4.78, 5) is 29.5. The molecule has 2 amide bonds. The molecule has 3 aromatic carbocycles. The monoisotopic (exact) mass is 557 g/mol. The van der Waals surface area contributed by atoms with Crippen molar-refractivity contribution in [2.75, 3.05) is 27.3 Å². The highest BCUT2D eigenvalue weighted by atomic mass is 16.5. The van der Waals surface area contributed by atoms with Crippen molar-refractivity contribution in [1.82, 2.24) is 25.2 Å². The Morgan fingerprint density at radius 2 is 1.71 bits per heavy atom. The number of hydrogen-bond acceptors (Lipinski definition) is 6. The summed E-state index contributed by atoms with van der Waals surface area (Å²) in [5.74, 6) is 1.24. The fourth-order valence-corrected chi connectivity index (χ4v) is 4.74. The van der Waals surface area contributed by atoms with E-state index in [1.165, 1.54) is 0 Å². The van der Waals surface area contributed by atoms with Crippen LogP contribution < -0.4 is 14.8 Å². The lowest BCUT2D eigenvalue weighted by atomic mass is 10.0. The van der Waals surface area contributed by atoms with E-state index < -0.39 is 6.04 Å². The molecule has 0 radical (unpaired) electrons. The van der Waals surface area contributed by atoms with Gasteiger partial charge in [-0.1, -0.05) is 67.1 Å². The van der Waals surface area contributed by atoms with E-state index in [0.29, 0.717) is 42.4 Å². The zero-order valence-corrected chi connectivity index (χ0v) is 24.5. The summed E-state index contributed by atoms with van der Waals surface area (Å²) in [6.45, 7) is 7.02. The number of rotatable bonds is 13. The van der Waals surface area contributed by atoms with Crippen molar-refractivity contribution in [3.05, 3.63) is 83.4 Å². The Kier molecular flexibility index (Phi) is 9.95. The second kappa shape index (κ2) is 13.8. The molecule has 1 heterocycles. The van der Waals surface area contributed by atoms with Crippen LogP contribution >= 0.6 is 0 Å².